The molecule has 2 aromatic carbocycles. The standard InChI is InChI=1S/C14H13BrN2O.ClH/c15-12-6-4-10(5-7-12)9-18-13-3-1-2-11(8-13)14(16)17;/h1-8H,9H2,(H3,16,17);1H. The van der Waals surface area contributed by atoms with E-state index < -0.39 is 0 Å². The van der Waals surface area contributed by atoms with Gasteiger partial charge in [0.2, 0.25) is 0 Å². The monoisotopic (exact) mass is 340 g/mol. The SMILES string of the molecule is Cl.N=C(N)c1cccc(OCc2ccc(Br)cc2)c1. The van der Waals surface area contributed by atoms with Gasteiger partial charge < -0.3 is 10.5 Å². The Labute approximate surface area is 126 Å². The first kappa shape index (κ1) is 15.5. The molecule has 0 aliphatic carbocycles. The predicted molar refractivity (Wildman–Crippen MR) is 83.2 cm³/mol. The van der Waals surface area contributed by atoms with E-state index >= 15 is 0 Å². The molecule has 0 spiro atoms. The molecule has 0 bridgehead atoms. The molecule has 0 unspecified atom stereocenters. The number of ether oxygens (including phenoxy) is 1. The zero-order chi connectivity index (χ0) is 13.0. The van der Waals surface area contributed by atoms with Crippen LogP contribution in [0.2, 0.25) is 0 Å². The van der Waals surface area contributed by atoms with Crippen LogP contribution in [0, 0.1) is 5.41 Å². The summed E-state index contributed by atoms with van der Waals surface area (Å²) in [5, 5.41) is 7.37. The third kappa shape index (κ3) is 4.58. The highest BCUT2D eigenvalue weighted by molar-refractivity contribution is 9.10. The summed E-state index contributed by atoms with van der Waals surface area (Å²) in [6.07, 6.45) is 0. The lowest BCUT2D eigenvalue weighted by molar-refractivity contribution is 0.306. The minimum absolute atomic E-state index is 0. The van der Waals surface area contributed by atoms with Crippen molar-refractivity contribution in [2.45, 2.75) is 6.61 Å². The molecule has 5 heteroatoms. The maximum Gasteiger partial charge on any atom is 0.122 e. The molecule has 19 heavy (non-hydrogen) atoms. The molecular weight excluding hydrogens is 328 g/mol. The summed E-state index contributed by atoms with van der Waals surface area (Å²) >= 11 is 3.39. The summed E-state index contributed by atoms with van der Waals surface area (Å²) in [6.45, 7) is 0.495. The zero-order valence-corrected chi connectivity index (χ0v) is 12.5. The summed E-state index contributed by atoms with van der Waals surface area (Å²) in [4.78, 5) is 0. The molecular formula is C14H14BrClN2O. The average Bonchev–Trinajstić information content (AvgIpc) is 2.38. The summed E-state index contributed by atoms with van der Waals surface area (Å²) in [5.74, 6) is 0.759. The van der Waals surface area contributed by atoms with Gasteiger partial charge in [0, 0.05) is 10.0 Å². The number of benzene rings is 2. The second-order valence-electron chi connectivity index (χ2n) is 3.86. The minimum atomic E-state index is 0. The highest BCUT2D eigenvalue weighted by Crippen LogP contribution is 2.16. The van der Waals surface area contributed by atoms with E-state index in [0.717, 1.165) is 10.0 Å². The van der Waals surface area contributed by atoms with E-state index in [0.29, 0.717) is 17.9 Å². The van der Waals surface area contributed by atoms with E-state index in [-0.39, 0.29) is 18.2 Å². The second-order valence-corrected chi connectivity index (χ2v) is 4.77. The number of rotatable bonds is 4. The van der Waals surface area contributed by atoms with Crippen molar-refractivity contribution in [1.82, 2.24) is 0 Å². The first-order chi connectivity index (χ1) is 8.65. The van der Waals surface area contributed by atoms with Crippen LogP contribution in [0.4, 0.5) is 0 Å². The molecule has 3 N–H and O–H groups in total. The van der Waals surface area contributed by atoms with Crippen LogP contribution < -0.4 is 10.5 Å². The van der Waals surface area contributed by atoms with Gasteiger partial charge >= 0.3 is 0 Å². The topological polar surface area (TPSA) is 59.1 Å². The van der Waals surface area contributed by atoms with Gasteiger partial charge in [-0.15, -0.1) is 12.4 Å². The van der Waals surface area contributed by atoms with Crippen LogP contribution in [0.5, 0.6) is 5.75 Å². The quantitative estimate of drug-likeness (QED) is 0.657. The fourth-order valence-corrected chi connectivity index (χ4v) is 1.77. The van der Waals surface area contributed by atoms with Crippen molar-refractivity contribution in [3.05, 3.63) is 64.1 Å². The molecule has 0 fully saturated rings. The number of nitrogens with two attached hydrogens (primary N) is 1. The van der Waals surface area contributed by atoms with Crippen molar-refractivity contribution in [3.8, 4) is 5.75 Å². The van der Waals surface area contributed by atoms with Crippen molar-refractivity contribution in [1.29, 1.82) is 5.41 Å². The zero-order valence-electron chi connectivity index (χ0n) is 10.1. The lowest BCUT2D eigenvalue weighted by Crippen LogP contribution is -2.10. The van der Waals surface area contributed by atoms with Crippen molar-refractivity contribution >= 4 is 34.2 Å². The molecule has 0 aliphatic rings. The highest BCUT2D eigenvalue weighted by atomic mass is 79.9. The van der Waals surface area contributed by atoms with Crippen molar-refractivity contribution < 1.29 is 4.74 Å². The van der Waals surface area contributed by atoms with E-state index in [1.165, 1.54) is 0 Å². The number of nitrogens with one attached hydrogen (secondary N) is 1. The molecule has 3 nitrogen and oxygen atoms in total. The van der Waals surface area contributed by atoms with Crippen LogP contribution in [0.25, 0.3) is 0 Å². The molecule has 0 aromatic heterocycles. The first-order valence-electron chi connectivity index (χ1n) is 5.47. The molecule has 0 aliphatic heterocycles. The molecule has 100 valence electrons. The molecule has 2 rings (SSSR count). The molecule has 0 saturated carbocycles. The number of hydrogen-bond acceptors (Lipinski definition) is 2. The van der Waals surface area contributed by atoms with Gasteiger partial charge in [0.05, 0.1) is 0 Å². The molecule has 0 amide bonds. The Kier molecular flexibility index (Phi) is 5.86. The fraction of sp³-hybridized carbons (Fsp3) is 0.0714. The van der Waals surface area contributed by atoms with E-state index in [9.17, 15) is 0 Å². The van der Waals surface area contributed by atoms with Gasteiger partial charge in [-0.1, -0.05) is 40.2 Å². The van der Waals surface area contributed by atoms with Crippen LogP contribution in [0.15, 0.2) is 53.0 Å². The average molecular weight is 342 g/mol. The van der Waals surface area contributed by atoms with Crippen molar-refractivity contribution in [2.24, 2.45) is 5.73 Å². The summed E-state index contributed by atoms with van der Waals surface area (Å²) in [5.41, 5.74) is 7.19. The largest absolute Gasteiger partial charge is 0.489 e. The van der Waals surface area contributed by atoms with E-state index in [1.807, 2.05) is 36.4 Å². The van der Waals surface area contributed by atoms with Crippen LogP contribution in [0.1, 0.15) is 11.1 Å². The smallest absolute Gasteiger partial charge is 0.122 e. The third-order valence-corrected chi connectivity index (χ3v) is 2.99. The maximum atomic E-state index is 7.37. The number of hydrogen-bond donors (Lipinski definition) is 2. The predicted octanol–water partition coefficient (Wildman–Crippen LogP) is 3.73. The lowest BCUT2D eigenvalue weighted by atomic mass is 10.2. The van der Waals surface area contributed by atoms with Gasteiger partial charge in [0.1, 0.15) is 18.2 Å². The van der Waals surface area contributed by atoms with Gasteiger partial charge in [0.25, 0.3) is 0 Å². The Morgan fingerprint density at radius 1 is 1.16 bits per heavy atom. The van der Waals surface area contributed by atoms with Gasteiger partial charge in [-0.3, -0.25) is 5.41 Å². The Bertz CT molecular complexity index is 558. The lowest BCUT2D eigenvalue weighted by Gasteiger charge is -2.07. The molecule has 0 saturated heterocycles. The van der Waals surface area contributed by atoms with E-state index in [1.54, 1.807) is 12.1 Å². The van der Waals surface area contributed by atoms with Crippen molar-refractivity contribution in [3.63, 3.8) is 0 Å². The van der Waals surface area contributed by atoms with Gasteiger partial charge in [-0.2, -0.15) is 0 Å². The molecule has 0 heterocycles. The minimum Gasteiger partial charge on any atom is -0.489 e. The summed E-state index contributed by atoms with van der Waals surface area (Å²) < 4.78 is 6.70. The second kappa shape index (κ2) is 7.16. The summed E-state index contributed by atoms with van der Waals surface area (Å²) in [7, 11) is 0. The van der Waals surface area contributed by atoms with Gasteiger partial charge in [0.15, 0.2) is 0 Å². The third-order valence-electron chi connectivity index (χ3n) is 2.46. The van der Waals surface area contributed by atoms with Crippen LogP contribution >= 0.6 is 28.3 Å². The number of halogens is 2. The fourth-order valence-electron chi connectivity index (χ4n) is 1.50. The molecule has 0 atom stereocenters. The number of amidine groups is 1. The summed E-state index contributed by atoms with van der Waals surface area (Å²) in [6, 6.07) is 15.2. The molecule has 0 radical (unpaired) electrons. The Hall–Kier alpha value is -1.52. The van der Waals surface area contributed by atoms with Crippen LogP contribution in [-0.4, -0.2) is 5.84 Å². The van der Waals surface area contributed by atoms with Gasteiger partial charge in [-0.25, -0.2) is 0 Å². The van der Waals surface area contributed by atoms with Crippen LogP contribution in [0.3, 0.4) is 0 Å². The Balaban J connectivity index is 0.00000180. The maximum absolute atomic E-state index is 7.37. The Morgan fingerprint density at radius 3 is 2.47 bits per heavy atom. The van der Waals surface area contributed by atoms with Crippen molar-refractivity contribution in [2.75, 3.05) is 0 Å². The Morgan fingerprint density at radius 2 is 1.84 bits per heavy atom. The van der Waals surface area contributed by atoms with E-state index in [2.05, 4.69) is 15.9 Å². The molecule has 2 aromatic rings. The highest BCUT2D eigenvalue weighted by Gasteiger charge is 2.00. The normalized spacial score (nSPS) is 9.53. The van der Waals surface area contributed by atoms with Crippen LogP contribution in [-0.2, 0) is 6.61 Å². The van der Waals surface area contributed by atoms with E-state index in [4.69, 9.17) is 15.9 Å². The first-order valence-corrected chi connectivity index (χ1v) is 6.26. The van der Waals surface area contributed by atoms with Gasteiger partial charge in [-0.05, 0) is 29.8 Å². The number of nitrogen functional groups attached to an aromatic ring is 1.